The van der Waals surface area contributed by atoms with E-state index >= 15 is 0 Å². The molecule has 20 heavy (non-hydrogen) atoms. The molecule has 1 fully saturated rings. The van der Waals surface area contributed by atoms with Gasteiger partial charge in [-0.05, 0) is 37.9 Å². The Morgan fingerprint density at radius 2 is 2.10 bits per heavy atom. The van der Waals surface area contributed by atoms with Gasteiger partial charge in [-0.25, -0.2) is 0 Å². The Morgan fingerprint density at radius 3 is 2.75 bits per heavy atom. The molecular formula is C14H21ClN2O3. The second-order valence-electron chi connectivity index (χ2n) is 5.13. The summed E-state index contributed by atoms with van der Waals surface area (Å²) in [6.45, 7) is 6.00. The van der Waals surface area contributed by atoms with E-state index in [1.165, 1.54) is 25.0 Å². The fourth-order valence-electron chi connectivity index (χ4n) is 2.27. The minimum absolute atomic E-state index is 0. The summed E-state index contributed by atoms with van der Waals surface area (Å²) in [5.74, 6) is 1.40. The third kappa shape index (κ3) is 4.98. The average molecular weight is 301 g/mol. The molecule has 0 atom stereocenters. The third-order valence-corrected chi connectivity index (χ3v) is 3.58. The number of benzene rings is 1. The highest BCUT2D eigenvalue weighted by Gasteiger charge is 2.15. The predicted octanol–water partition coefficient (Wildman–Crippen LogP) is 3.13. The standard InChI is InChI=1S/C14H20N2O3.ClH/c1-12-5-7-15(8-6-12)9-10-19-14-4-2-3-13(11-14)16(17)18;/h2-4,11-12H,5-10H2,1H3;1H. The van der Waals surface area contributed by atoms with Crippen LogP contribution in [0.4, 0.5) is 5.69 Å². The van der Waals surface area contributed by atoms with Crippen molar-refractivity contribution in [2.45, 2.75) is 19.8 Å². The van der Waals surface area contributed by atoms with Crippen LogP contribution in [0.1, 0.15) is 19.8 Å². The van der Waals surface area contributed by atoms with Crippen LogP contribution in [0.5, 0.6) is 5.75 Å². The van der Waals surface area contributed by atoms with E-state index in [-0.39, 0.29) is 18.1 Å². The first-order valence-corrected chi connectivity index (χ1v) is 6.75. The molecule has 0 N–H and O–H groups in total. The number of ether oxygens (including phenoxy) is 1. The molecule has 6 heteroatoms. The molecule has 1 heterocycles. The molecule has 112 valence electrons. The maximum Gasteiger partial charge on any atom is 0.273 e. The van der Waals surface area contributed by atoms with Crippen molar-refractivity contribution >= 4 is 18.1 Å². The molecule has 1 saturated heterocycles. The van der Waals surface area contributed by atoms with E-state index in [0.29, 0.717) is 12.4 Å². The zero-order valence-electron chi connectivity index (χ0n) is 11.7. The van der Waals surface area contributed by atoms with Crippen molar-refractivity contribution in [2.24, 2.45) is 5.92 Å². The van der Waals surface area contributed by atoms with Crippen LogP contribution in [0, 0.1) is 16.0 Å². The zero-order chi connectivity index (χ0) is 13.7. The molecular weight excluding hydrogens is 280 g/mol. The molecule has 0 spiro atoms. The van der Waals surface area contributed by atoms with Gasteiger partial charge >= 0.3 is 0 Å². The second-order valence-corrected chi connectivity index (χ2v) is 5.13. The van der Waals surface area contributed by atoms with E-state index < -0.39 is 4.92 Å². The van der Waals surface area contributed by atoms with Crippen LogP contribution in [-0.2, 0) is 0 Å². The van der Waals surface area contributed by atoms with Crippen LogP contribution in [-0.4, -0.2) is 36.1 Å². The minimum Gasteiger partial charge on any atom is -0.492 e. The van der Waals surface area contributed by atoms with Crippen LogP contribution >= 0.6 is 12.4 Å². The molecule has 1 aliphatic heterocycles. The smallest absolute Gasteiger partial charge is 0.273 e. The molecule has 0 aliphatic carbocycles. The van der Waals surface area contributed by atoms with Crippen LogP contribution in [0.2, 0.25) is 0 Å². The summed E-state index contributed by atoms with van der Waals surface area (Å²) in [4.78, 5) is 12.6. The Morgan fingerprint density at radius 1 is 1.40 bits per heavy atom. The van der Waals surface area contributed by atoms with Gasteiger partial charge in [0.15, 0.2) is 0 Å². The molecule has 0 saturated carbocycles. The molecule has 2 rings (SSSR count). The van der Waals surface area contributed by atoms with E-state index in [0.717, 1.165) is 25.6 Å². The summed E-state index contributed by atoms with van der Waals surface area (Å²) >= 11 is 0. The quantitative estimate of drug-likeness (QED) is 0.619. The summed E-state index contributed by atoms with van der Waals surface area (Å²) in [6, 6.07) is 6.35. The number of hydrogen-bond acceptors (Lipinski definition) is 4. The number of hydrogen-bond donors (Lipinski definition) is 0. The van der Waals surface area contributed by atoms with Crippen molar-refractivity contribution < 1.29 is 9.66 Å². The molecule has 1 aliphatic rings. The summed E-state index contributed by atoms with van der Waals surface area (Å²) < 4.78 is 5.58. The van der Waals surface area contributed by atoms with Crippen molar-refractivity contribution in [2.75, 3.05) is 26.2 Å². The fraction of sp³-hybridized carbons (Fsp3) is 0.571. The van der Waals surface area contributed by atoms with Crippen LogP contribution < -0.4 is 4.74 Å². The lowest BCUT2D eigenvalue weighted by atomic mass is 9.99. The Hall–Kier alpha value is -1.33. The number of piperidine rings is 1. The largest absolute Gasteiger partial charge is 0.492 e. The molecule has 1 aromatic rings. The highest BCUT2D eigenvalue weighted by atomic mass is 35.5. The van der Waals surface area contributed by atoms with Crippen molar-refractivity contribution in [3.8, 4) is 5.75 Å². The van der Waals surface area contributed by atoms with Gasteiger partial charge in [0.25, 0.3) is 5.69 Å². The number of nitro benzene ring substituents is 1. The number of nitrogens with zero attached hydrogens (tertiary/aromatic N) is 2. The Kier molecular flexibility index (Phi) is 6.75. The van der Waals surface area contributed by atoms with Gasteiger partial charge < -0.3 is 4.74 Å². The number of nitro groups is 1. The van der Waals surface area contributed by atoms with Crippen molar-refractivity contribution in [1.82, 2.24) is 4.90 Å². The van der Waals surface area contributed by atoms with Crippen LogP contribution in [0.25, 0.3) is 0 Å². The van der Waals surface area contributed by atoms with Crippen LogP contribution in [0.15, 0.2) is 24.3 Å². The summed E-state index contributed by atoms with van der Waals surface area (Å²) in [7, 11) is 0. The molecule has 5 nitrogen and oxygen atoms in total. The number of rotatable bonds is 5. The van der Waals surface area contributed by atoms with Crippen molar-refractivity contribution in [3.63, 3.8) is 0 Å². The molecule has 0 aromatic heterocycles. The Balaban J connectivity index is 0.00000200. The lowest BCUT2D eigenvalue weighted by Gasteiger charge is -2.29. The third-order valence-electron chi connectivity index (χ3n) is 3.58. The minimum atomic E-state index is -0.404. The van der Waals surface area contributed by atoms with Gasteiger partial charge in [-0.3, -0.25) is 15.0 Å². The van der Waals surface area contributed by atoms with Gasteiger partial charge in [0.1, 0.15) is 12.4 Å². The molecule has 0 amide bonds. The summed E-state index contributed by atoms with van der Waals surface area (Å²) in [5.41, 5.74) is 0.0734. The van der Waals surface area contributed by atoms with Crippen molar-refractivity contribution in [1.29, 1.82) is 0 Å². The van der Waals surface area contributed by atoms with Gasteiger partial charge in [0, 0.05) is 12.6 Å². The van der Waals surface area contributed by atoms with Gasteiger partial charge in [-0.2, -0.15) is 0 Å². The Bertz CT molecular complexity index is 434. The van der Waals surface area contributed by atoms with E-state index in [2.05, 4.69) is 11.8 Å². The molecule has 0 unspecified atom stereocenters. The van der Waals surface area contributed by atoms with Gasteiger partial charge in [-0.15, -0.1) is 12.4 Å². The normalized spacial score (nSPS) is 16.4. The zero-order valence-corrected chi connectivity index (χ0v) is 12.5. The Labute approximate surface area is 125 Å². The van der Waals surface area contributed by atoms with Gasteiger partial charge in [0.05, 0.1) is 11.0 Å². The number of halogens is 1. The predicted molar refractivity (Wildman–Crippen MR) is 80.7 cm³/mol. The van der Waals surface area contributed by atoms with Gasteiger partial charge in [-0.1, -0.05) is 13.0 Å². The topological polar surface area (TPSA) is 55.6 Å². The first-order chi connectivity index (χ1) is 9.15. The number of non-ortho nitro benzene ring substituents is 1. The van der Waals surface area contributed by atoms with Crippen LogP contribution in [0.3, 0.4) is 0 Å². The van der Waals surface area contributed by atoms with Gasteiger partial charge in [0.2, 0.25) is 0 Å². The summed E-state index contributed by atoms with van der Waals surface area (Å²) in [5, 5.41) is 10.6. The maximum atomic E-state index is 10.6. The first kappa shape index (κ1) is 16.7. The van der Waals surface area contributed by atoms with E-state index in [9.17, 15) is 10.1 Å². The number of likely N-dealkylation sites (tertiary alicyclic amines) is 1. The van der Waals surface area contributed by atoms with E-state index in [1.54, 1.807) is 12.1 Å². The molecule has 0 radical (unpaired) electrons. The lowest BCUT2D eigenvalue weighted by Crippen LogP contribution is -2.35. The highest BCUT2D eigenvalue weighted by molar-refractivity contribution is 5.85. The second kappa shape index (κ2) is 8.07. The lowest BCUT2D eigenvalue weighted by molar-refractivity contribution is -0.384. The summed E-state index contributed by atoms with van der Waals surface area (Å²) in [6.07, 6.45) is 2.49. The maximum absolute atomic E-state index is 10.6. The SMILES string of the molecule is CC1CCN(CCOc2cccc([N+](=O)[O-])c2)CC1.Cl. The van der Waals surface area contributed by atoms with E-state index in [4.69, 9.17) is 4.74 Å². The monoisotopic (exact) mass is 300 g/mol. The average Bonchev–Trinajstić information content (AvgIpc) is 2.41. The first-order valence-electron chi connectivity index (χ1n) is 6.75. The van der Waals surface area contributed by atoms with Crippen molar-refractivity contribution in [3.05, 3.63) is 34.4 Å². The molecule has 0 bridgehead atoms. The fourth-order valence-corrected chi connectivity index (χ4v) is 2.27. The molecule has 1 aromatic carbocycles. The highest BCUT2D eigenvalue weighted by Crippen LogP contribution is 2.19. The van der Waals surface area contributed by atoms with E-state index in [1.807, 2.05) is 0 Å².